The van der Waals surface area contributed by atoms with Crippen LogP contribution in [0.25, 0.3) is 0 Å². The van der Waals surface area contributed by atoms with Gasteiger partial charge < -0.3 is 5.32 Å². The molecule has 0 amide bonds. The van der Waals surface area contributed by atoms with Gasteiger partial charge in [-0.1, -0.05) is 0 Å². The number of anilines is 1. The van der Waals surface area contributed by atoms with Crippen LogP contribution >= 0.6 is 0 Å². The summed E-state index contributed by atoms with van der Waals surface area (Å²) < 4.78 is 0. The fraction of sp³-hybridized carbons (Fsp3) is 0.286. The van der Waals surface area contributed by atoms with E-state index in [1.807, 2.05) is 32.3 Å². The molecule has 0 atom stereocenters. The van der Waals surface area contributed by atoms with Crippen LogP contribution in [0.5, 0.6) is 0 Å². The minimum absolute atomic E-state index is 1.05. The first-order chi connectivity index (χ1) is 4.33. The Hall–Kier alpha value is -1.05. The quantitative estimate of drug-likeness (QED) is 0.609. The van der Waals surface area contributed by atoms with Crippen molar-refractivity contribution >= 4 is 5.69 Å². The molecule has 0 aliphatic rings. The molecule has 1 aromatic heterocycles. The van der Waals surface area contributed by atoms with Gasteiger partial charge in [-0.25, -0.2) is 0 Å². The van der Waals surface area contributed by atoms with Crippen molar-refractivity contribution < 1.29 is 0 Å². The van der Waals surface area contributed by atoms with Crippen molar-refractivity contribution in [3.8, 4) is 0 Å². The van der Waals surface area contributed by atoms with E-state index in [0.29, 0.717) is 0 Å². The maximum absolute atomic E-state index is 4.09. The molecule has 2 nitrogen and oxygen atoms in total. The summed E-state index contributed by atoms with van der Waals surface area (Å²) in [6.07, 6.45) is 1.81. The van der Waals surface area contributed by atoms with Crippen LogP contribution in [0.1, 0.15) is 5.69 Å². The third kappa shape index (κ3) is 1.42. The van der Waals surface area contributed by atoms with E-state index < -0.39 is 0 Å². The Balaban J connectivity index is 2.88. The van der Waals surface area contributed by atoms with Crippen LogP contribution in [0.4, 0.5) is 5.69 Å². The number of nitrogens with zero attached hydrogens (tertiary/aromatic N) is 1. The predicted octanol–water partition coefficient (Wildman–Crippen LogP) is 1.43. The molecule has 48 valence electrons. The van der Waals surface area contributed by atoms with Gasteiger partial charge in [-0.3, -0.25) is 4.98 Å². The first-order valence-corrected chi connectivity index (χ1v) is 2.93. The summed E-state index contributed by atoms with van der Waals surface area (Å²) in [5, 5.41) is 2.99. The van der Waals surface area contributed by atoms with Crippen LogP contribution in [-0.4, -0.2) is 12.0 Å². The molecule has 1 N–H and O–H groups in total. The highest BCUT2D eigenvalue weighted by Gasteiger charge is 1.85. The van der Waals surface area contributed by atoms with E-state index in [2.05, 4.69) is 10.3 Å². The standard InChI is InChI=1S/C7H10N2/c1-6-3-4-7(8-2)5-9-6/h3-5,8H,1-2H3. The molecule has 1 heterocycles. The van der Waals surface area contributed by atoms with E-state index in [1.54, 1.807) is 0 Å². The number of rotatable bonds is 1. The van der Waals surface area contributed by atoms with E-state index in [0.717, 1.165) is 11.4 Å². The smallest absolute Gasteiger partial charge is 0.0524 e. The fourth-order valence-electron chi connectivity index (χ4n) is 0.616. The lowest BCUT2D eigenvalue weighted by atomic mass is 10.3. The van der Waals surface area contributed by atoms with Gasteiger partial charge in [-0.2, -0.15) is 0 Å². The molecule has 1 rings (SSSR count). The Morgan fingerprint density at radius 3 is 2.67 bits per heavy atom. The highest BCUT2D eigenvalue weighted by molar-refractivity contribution is 5.39. The lowest BCUT2D eigenvalue weighted by Gasteiger charge is -1.96. The maximum atomic E-state index is 4.09. The first kappa shape index (κ1) is 6.08. The normalized spacial score (nSPS) is 9.11. The van der Waals surface area contributed by atoms with Crippen molar-refractivity contribution in [1.29, 1.82) is 0 Å². The van der Waals surface area contributed by atoms with Crippen LogP contribution in [0.3, 0.4) is 0 Å². The Kier molecular flexibility index (Phi) is 1.68. The Labute approximate surface area is 54.9 Å². The van der Waals surface area contributed by atoms with Crippen molar-refractivity contribution in [3.63, 3.8) is 0 Å². The van der Waals surface area contributed by atoms with E-state index in [4.69, 9.17) is 0 Å². The molecule has 0 spiro atoms. The summed E-state index contributed by atoms with van der Waals surface area (Å²) >= 11 is 0. The minimum Gasteiger partial charge on any atom is -0.387 e. The zero-order valence-corrected chi connectivity index (χ0v) is 5.68. The molecule has 0 saturated carbocycles. The molecule has 0 aromatic carbocycles. The van der Waals surface area contributed by atoms with E-state index in [1.165, 1.54) is 0 Å². The lowest BCUT2D eigenvalue weighted by Crippen LogP contribution is -1.88. The van der Waals surface area contributed by atoms with Crippen LogP contribution in [0.15, 0.2) is 18.3 Å². The molecule has 1 aromatic rings. The van der Waals surface area contributed by atoms with Gasteiger partial charge >= 0.3 is 0 Å². The summed E-state index contributed by atoms with van der Waals surface area (Å²) in [5.74, 6) is 0. The molecule has 0 aliphatic heterocycles. The van der Waals surface area contributed by atoms with Gasteiger partial charge in [0.05, 0.1) is 11.9 Å². The molecular formula is C7H10N2. The summed E-state index contributed by atoms with van der Waals surface area (Å²) in [6.45, 7) is 1.97. The number of hydrogen-bond acceptors (Lipinski definition) is 2. The van der Waals surface area contributed by atoms with Gasteiger partial charge in [0.25, 0.3) is 0 Å². The number of aryl methyl sites for hydroxylation is 1. The topological polar surface area (TPSA) is 24.9 Å². The number of hydrogen-bond donors (Lipinski definition) is 1. The number of pyridine rings is 1. The zero-order valence-electron chi connectivity index (χ0n) is 5.68. The number of aromatic nitrogens is 1. The van der Waals surface area contributed by atoms with Gasteiger partial charge in [-0.15, -0.1) is 0 Å². The monoisotopic (exact) mass is 122 g/mol. The van der Waals surface area contributed by atoms with Gasteiger partial charge in [-0.05, 0) is 19.1 Å². The van der Waals surface area contributed by atoms with Crippen LogP contribution in [0.2, 0.25) is 0 Å². The van der Waals surface area contributed by atoms with Gasteiger partial charge in [0.15, 0.2) is 0 Å². The molecule has 0 aliphatic carbocycles. The van der Waals surface area contributed by atoms with E-state index in [-0.39, 0.29) is 0 Å². The van der Waals surface area contributed by atoms with Crippen molar-refractivity contribution in [2.24, 2.45) is 0 Å². The second kappa shape index (κ2) is 2.49. The summed E-state index contributed by atoms with van der Waals surface area (Å²) in [7, 11) is 1.88. The zero-order chi connectivity index (χ0) is 6.69. The number of nitrogens with one attached hydrogen (secondary N) is 1. The van der Waals surface area contributed by atoms with Crippen molar-refractivity contribution in [3.05, 3.63) is 24.0 Å². The second-order valence-electron chi connectivity index (χ2n) is 1.94. The minimum atomic E-state index is 1.05. The van der Waals surface area contributed by atoms with Gasteiger partial charge in [0.2, 0.25) is 0 Å². The van der Waals surface area contributed by atoms with Crippen molar-refractivity contribution in [1.82, 2.24) is 4.98 Å². The molecule has 0 fully saturated rings. The Morgan fingerprint density at radius 2 is 2.22 bits per heavy atom. The molecule has 0 bridgehead atoms. The molecular weight excluding hydrogens is 112 g/mol. The molecule has 2 heteroatoms. The van der Waals surface area contributed by atoms with Gasteiger partial charge in [0, 0.05) is 12.7 Å². The first-order valence-electron chi connectivity index (χ1n) is 2.93. The van der Waals surface area contributed by atoms with Crippen LogP contribution in [0, 0.1) is 6.92 Å². The Bertz CT molecular complexity index is 179. The summed E-state index contributed by atoms with van der Waals surface area (Å²) in [5.41, 5.74) is 2.11. The average Bonchev–Trinajstić information content (AvgIpc) is 1.90. The highest BCUT2D eigenvalue weighted by atomic mass is 14.8. The highest BCUT2D eigenvalue weighted by Crippen LogP contribution is 2.02. The van der Waals surface area contributed by atoms with Crippen LogP contribution in [-0.2, 0) is 0 Å². The molecule has 0 saturated heterocycles. The molecule has 0 radical (unpaired) electrons. The fourth-order valence-corrected chi connectivity index (χ4v) is 0.616. The average molecular weight is 122 g/mol. The third-order valence-corrected chi connectivity index (χ3v) is 1.20. The summed E-state index contributed by atoms with van der Waals surface area (Å²) in [6, 6.07) is 3.98. The SMILES string of the molecule is CNc1ccc(C)nc1. The second-order valence-corrected chi connectivity index (χ2v) is 1.94. The molecule has 0 unspecified atom stereocenters. The Morgan fingerprint density at radius 1 is 1.44 bits per heavy atom. The van der Waals surface area contributed by atoms with E-state index in [9.17, 15) is 0 Å². The lowest BCUT2D eigenvalue weighted by molar-refractivity contribution is 1.20. The van der Waals surface area contributed by atoms with Gasteiger partial charge in [0.1, 0.15) is 0 Å². The maximum Gasteiger partial charge on any atom is 0.0524 e. The molecule has 9 heavy (non-hydrogen) atoms. The van der Waals surface area contributed by atoms with Crippen LogP contribution < -0.4 is 5.32 Å². The summed E-state index contributed by atoms with van der Waals surface area (Å²) in [4.78, 5) is 4.09. The largest absolute Gasteiger partial charge is 0.387 e. The third-order valence-electron chi connectivity index (χ3n) is 1.20. The van der Waals surface area contributed by atoms with Crippen molar-refractivity contribution in [2.45, 2.75) is 6.92 Å². The van der Waals surface area contributed by atoms with Crippen molar-refractivity contribution in [2.75, 3.05) is 12.4 Å². The predicted molar refractivity (Wildman–Crippen MR) is 38.5 cm³/mol. The van der Waals surface area contributed by atoms with E-state index >= 15 is 0 Å².